The summed E-state index contributed by atoms with van der Waals surface area (Å²) in [6.45, 7) is 0.787. The van der Waals surface area contributed by atoms with Crippen molar-refractivity contribution in [2.45, 2.75) is 57.0 Å². The van der Waals surface area contributed by atoms with Crippen LogP contribution in [-0.2, 0) is 4.74 Å². The Labute approximate surface area is 105 Å². The lowest BCUT2D eigenvalue weighted by Crippen LogP contribution is -2.45. The van der Waals surface area contributed by atoms with Crippen molar-refractivity contribution in [3.63, 3.8) is 0 Å². The van der Waals surface area contributed by atoms with Crippen molar-refractivity contribution >= 4 is 0 Å². The summed E-state index contributed by atoms with van der Waals surface area (Å²) < 4.78 is 5.10. The van der Waals surface area contributed by atoms with Gasteiger partial charge in [0, 0.05) is 13.2 Å². The van der Waals surface area contributed by atoms with Crippen molar-refractivity contribution in [1.29, 1.82) is 0 Å². The van der Waals surface area contributed by atoms with Gasteiger partial charge in [-0.1, -0.05) is 19.3 Å². The third-order valence-corrected chi connectivity index (χ3v) is 4.65. The van der Waals surface area contributed by atoms with Gasteiger partial charge in [0.05, 0.1) is 19.3 Å². The van der Waals surface area contributed by atoms with E-state index in [0.29, 0.717) is 12.6 Å². The van der Waals surface area contributed by atoms with Gasteiger partial charge in [0.2, 0.25) is 0 Å². The third kappa shape index (κ3) is 3.67. The van der Waals surface area contributed by atoms with Crippen LogP contribution >= 0.6 is 0 Å². The molecule has 100 valence electrons. The quantitative estimate of drug-likeness (QED) is 0.747. The Morgan fingerprint density at radius 1 is 1.12 bits per heavy atom. The summed E-state index contributed by atoms with van der Waals surface area (Å²) in [5.41, 5.74) is 0. The molecule has 3 nitrogen and oxygen atoms in total. The van der Waals surface area contributed by atoms with E-state index in [1.165, 1.54) is 44.9 Å². The second-order valence-corrected chi connectivity index (χ2v) is 5.80. The summed E-state index contributed by atoms with van der Waals surface area (Å²) in [6.07, 6.45) is 9.74. The van der Waals surface area contributed by atoms with Crippen LogP contribution < -0.4 is 5.32 Å². The van der Waals surface area contributed by atoms with Crippen molar-refractivity contribution in [1.82, 2.24) is 5.32 Å². The van der Waals surface area contributed by atoms with E-state index in [9.17, 15) is 5.11 Å². The van der Waals surface area contributed by atoms with E-state index in [-0.39, 0.29) is 12.6 Å². The zero-order valence-electron chi connectivity index (χ0n) is 11.0. The fourth-order valence-electron chi connectivity index (χ4n) is 3.36. The first-order chi connectivity index (χ1) is 8.33. The van der Waals surface area contributed by atoms with E-state index >= 15 is 0 Å². The average Bonchev–Trinajstić information content (AvgIpc) is 2.28. The fourth-order valence-corrected chi connectivity index (χ4v) is 3.36. The largest absolute Gasteiger partial charge is 0.395 e. The monoisotopic (exact) mass is 241 g/mol. The van der Waals surface area contributed by atoms with Crippen LogP contribution in [0.5, 0.6) is 0 Å². The molecule has 0 saturated heterocycles. The third-order valence-electron chi connectivity index (χ3n) is 4.65. The molecule has 3 heteroatoms. The van der Waals surface area contributed by atoms with Crippen molar-refractivity contribution in [2.24, 2.45) is 11.8 Å². The summed E-state index contributed by atoms with van der Waals surface area (Å²) in [7, 11) is 1.69. The molecule has 0 aromatic heterocycles. The summed E-state index contributed by atoms with van der Waals surface area (Å²) in [6, 6.07) is 0.712. The molecule has 0 aromatic carbocycles. The Bertz CT molecular complexity index is 210. The Hall–Kier alpha value is -0.120. The Morgan fingerprint density at radius 3 is 2.24 bits per heavy atom. The highest BCUT2D eigenvalue weighted by Gasteiger charge is 2.31. The maximum absolute atomic E-state index is 9.23. The Balaban J connectivity index is 1.67. The molecule has 17 heavy (non-hydrogen) atoms. The number of hydrogen-bond donors (Lipinski definition) is 2. The van der Waals surface area contributed by atoms with E-state index in [4.69, 9.17) is 4.74 Å². The second-order valence-electron chi connectivity index (χ2n) is 5.80. The van der Waals surface area contributed by atoms with E-state index in [0.717, 1.165) is 11.8 Å². The number of ether oxygens (including phenoxy) is 1. The molecule has 2 aliphatic carbocycles. The highest BCUT2D eigenvalue weighted by molar-refractivity contribution is 4.85. The maximum Gasteiger partial charge on any atom is 0.0638 e. The van der Waals surface area contributed by atoms with Crippen LogP contribution in [0.3, 0.4) is 0 Å². The van der Waals surface area contributed by atoms with Gasteiger partial charge < -0.3 is 15.2 Å². The number of nitrogens with one attached hydrogen (secondary N) is 1. The molecular formula is C14H27NO2. The molecule has 2 saturated carbocycles. The highest BCUT2D eigenvalue weighted by Crippen LogP contribution is 2.40. The average molecular weight is 241 g/mol. The van der Waals surface area contributed by atoms with Crippen LogP contribution in [0.15, 0.2) is 0 Å². The number of aliphatic hydroxyl groups is 1. The lowest BCUT2D eigenvalue weighted by Gasteiger charge is -2.39. The summed E-state index contributed by atoms with van der Waals surface area (Å²) in [5.74, 6) is 2.04. The van der Waals surface area contributed by atoms with E-state index in [1.54, 1.807) is 7.11 Å². The van der Waals surface area contributed by atoms with Gasteiger partial charge in [-0.2, -0.15) is 0 Å². The van der Waals surface area contributed by atoms with Crippen molar-refractivity contribution in [2.75, 3.05) is 20.3 Å². The summed E-state index contributed by atoms with van der Waals surface area (Å²) >= 11 is 0. The van der Waals surface area contributed by atoms with Crippen LogP contribution in [0, 0.1) is 11.8 Å². The molecule has 0 spiro atoms. The van der Waals surface area contributed by atoms with Gasteiger partial charge in [-0.25, -0.2) is 0 Å². The molecule has 0 aliphatic heterocycles. The first-order valence-electron chi connectivity index (χ1n) is 7.19. The number of methoxy groups -OCH3 is 1. The number of hydrogen-bond acceptors (Lipinski definition) is 3. The van der Waals surface area contributed by atoms with Crippen molar-refractivity contribution in [3.05, 3.63) is 0 Å². The van der Waals surface area contributed by atoms with Gasteiger partial charge >= 0.3 is 0 Å². The Kier molecular flexibility index (Phi) is 5.26. The van der Waals surface area contributed by atoms with Crippen LogP contribution in [0.2, 0.25) is 0 Å². The minimum absolute atomic E-state index is 0.116. The van der Waals surface area contributed by atoms with Gasteiger partial charge in [-0.05, 0) is 37.5 Å². The molecule has 2 fully saturated rings. The zero-order chi connectivity index (χ0) is 12.1. The first kappa shape index (κ1) is 13.3. The molecule has 0 amide bonds. The minimum Gasteiger partial charge on any atom is -0.395 e. The molecule has 0 unspecified atom stereocenters. The number of rotatable bonds is 6. The molecule has 1 atom stereocenters. The zero-order valence-corrected chi connectivity index (χ0v) is 11.0. The van der Waals surface area contributed by atoms with E-state index < -0.39 is 0 Å². The molecular weight excluding hydrogens is 214 g/mol. The standard InChI is InChI=1S/C14H27NO2/c1-17-10-14(9-16)15-13-7-5-12(6-8-13)11-3-2-4-11/h11-16H,2-10H2,1H3/t12?,13?,14-/m0/s1. The molecule has 0 bridgehead atoms. The van der Waals surface area contributed by atoms with Gasteiger partial charge in [-0.3, -0.25) is 0 Å². The van der Waals surface area contributed by atoms with E-state index in [2.05, 4.69) is 5.32 Å². The maximum atomic E-state index is 9.23. The van der Waals surface area contributed by atoms with Crippen LogP contribution in [0.25, 0.3) is 0 Å². The first-order valence-corrected chi connectivity index (χ1v) is 7.19. The summed E-state index contributed by atoms with van der Waals surface area (Å²) in [4.78, 5) is 0. The predicted molar refractivity (Wildman–Crippen MR) is 69.0 cm³/mol. The van der Waals surface area contributed by atoms with Crippen molar-refractivity contribution in [3.8, 4) is 0 Å². The van der Waals surface area contributed by atoms with Crippen molar-refractivity contribution < 1.29 is 9.84 Å². The van der Waals surface area contributed by atoms with Gasteiger partial charge in [0.25, 0.3) is 0 Å². The predicted octanol–water partition coefficient (Wildman–Crippen LogP) is 1.94. The molecule has 2 N–H and O–H groups in total. The minimum atomic E-state index is 0.116. The normalized spacial score (nSPS) is 32.1. The molecule has 0 radical (unpaired) electrons. The number of aliphatic hydroxyl groups excluding tert-OH is 1. The SMILES string of the molecule is COC[C@H](CO)NC1CCC(C2CCC2)CC1. The Morgan fingerprint density at radius 2 is 1.76 bits per heavy atom. The molecule has 0 heterocycles. The van der Waals surface area contributed by atoms with E-state index in [1.807, 2.05) is 0 Å². The van der Waals surface area contributed by atoms with Gasteiger partial charge in [0.15, 0.2) is 0 Å². The van der Waals surface area contributed by atoms with Crippen LogP contribution in [0.1, 0.15) is 44.9 Å². The second kappa shape index (κ2) is 6.72. The molecule has 2 aliphatic rings. The topological polar surface area (TPSA) is 41.5 Å². The fraction of sp³-hybridized carbons (Fsp3) is 1.00. The van der Waals surface area contributed by atoms with Crippen LogP contribution in [0.4, 0.5) is 0 Å². The lowest BCUT2D eigenvalue weighted by molar-refractivity contribution is 0.104. The summed E-state index contributed by atoms with van der Waals surface area (Å²) in [5, 5.41) is 12.8. The highest BCUT2D eigenvalue weighted by atomic mass is 16.5. The molecule has 0 aromatic rings. The van der Waals surface area contributed by atoms with Gasteiger partial charge in [-0.15, -0.1) is 0 Å². The van der Waals surface area contributed by atoms with Crippen LogP contribution in [-0.4, -0.2) is 37.5 Å². The smallest absolute Gasteiger partial charge is 0.0638 e. The van der Waals surface area contributed by atoms with Gasteiger partial charge in [0.1, 0.15) is 0 Å². The lowest BCUT2D eigenvalue weighted by atomic mass is 9.69. The molecule has 2 rings (SSSR count).